The van der Waals surface area contributed by atoms with E-state index in [0.717, 1.165) is 22.4 Å². The Labute approximate surface area is 128 Å². The van der Waals surface area contributed by atoms with E-state index in [2.05, 4.69) is 22.6 Å². The molecule has 2 N–H and O–H groups in total. The number of rotatable bonds is 2. The average Bonchev–Trinajstić information content (AvgIpc) is 2.96. The van der Waals surface area contributed by atoms with Crippen molar-refractivity contribution in [1.29, 1.82) is 0 Å². The number of hydrogen-bond donors (Lipinski definition) is 2. The number of phenolic OH excluding ortho intramolecular Hbond substituents is 1. The van der Waals surface area contributed by atoms with Crippen LogP contribution in [0.2, 0.25) is 0 Å². The number of aromatic hydroxyl groups is 1. The summed E-state index contributed by atoms with van der Waals surface area (Å²) in [5.41, 5.74) is 7.71. The molecule has 2 aromatic carbocycles. The zero-order chi connectivity index (χ0) is 14.9. The molecule has 2 aliphatic heterocycles. The summed E-state index contributed by atoms with van der Waals surface area (Å²) in [6.45, 7) is 0. The van der Waals surface area contributed by atoms with Crippen molar-refractivity contribution in [1.82, 2.24) is 10.4 Å². The van der Waals surface area contributed by atoms with Gasteiger partial charge in [-0.05, 0) is 35.9 Å². The van der Waals surface area contributed by atoms with Crippen molar-refractivity contribution in [2.75, 3.05) is 0 Å². The molecule has 2 aliphatic rings. The third kappa shape index (κ3) is 2.05. The zero-order valence-electron chi connectivity index (χ0n) is 11.8. The Bertz CT molecular complexity index is 776. The second-order valence-electron chi connectivity index (χ2n) is 5.23. The molecule has 1 atom stereocenters. The van der Waals surface area contributed by atoms with Crippen LogP contribution in [0.4, 0.5) is 0 Å². The standard InChI is InChI=1S/C18H15N3O/c22-15-9-7-14(8-10-15)17-16(13-5-2-1-3-6-13)18-19-11-4-12-21(18)20-17/h1-12,18,20,22H. The van der Waals surface area contributed by atoms with Gasteiger partial charge in [0.1, 0.15) is 5.75 Å². The highest BCUT2D eigenvalue weighted by atomic mass is 16.3. The van der Waals surface area contributed by atoms with Crippen molar-refractivity contribution in [2.45, 2.75) is 6.17 Å². The Hall–Kier alpha value is -3.01. The predicted molar refractivity (Wildman–Crippen MR) is 87.8 cm³/mol. The fourth-order valence-corrected chi connectivity index (χ4v) is 2.81. The normalized spacial score (nSPS) is 19.3. The number of allylic oxidation sites excluding steroid dienone is 1. The minimum atomic E-state index is -0.0730. The highest BCUT2D eigenvalue weighted by Crippen LogP contribution is 2.36. The van der Waals surface area contributed by atoms with Crippen LogP contribution in [-0.4, -0.2) is 22.5 Å². The van der Waals surface area contributed by atoms with Crippen LogP contribution in [0, 0.1) is 0 Å². The van der Waals surface area contributed by atoms with Gasteiger partial charge in [0.05, 0.1) is 5.70 Å². The third-order valence-electron chi connectivity index (χ3n) is 3.83. The number of fused-ring (bicyclic) bond motifs is 1. The first-order valence-electron chi connectivity index (χ1n) is 7.17. The first kappa shape index (κ1) is 12.7. The molecular weight excluding hydrogens is 274 g/mol. The van der Waals surface area contributed by atoms with Crippen LogP contribution in [0.1, 0.15) is 11.1 Å². The minimum Gasteiger partial charge on any atom is -0.508 e. The van der Waals surface area contributed by atoms with Crippen molar-refractivity contribution in [3.05, 3.63) is 78.0 Å². The van der Waals surface area contributed by atoms with Crippen LogP contribution in [0.25, 0.3) is 11.3 Å². The molecule has 0 aliphatic carbocycles. The van der Waals surface area contributed by atoms with Gasteiger partial charge < -0.3 is 5.11 Å². The Morgan fingerprint density at radius 1 is 0.955 bits per heavy atom. The van der Waals surface area contributed by atoms with Gasteiger partial charge in [-0.25, -0.2) is 0 Å². The molecule has 0 saturated carbocycles. The lowest BCUT2D eigenvalue weighted by Gasteiger charge is -2.23. The van der Waals surface area contributed by atoms with Gasteiger partial charge in [0.25, 0.3) is 0 Å². The maximum atomic E-state index is 9.51. The summed E-state index contributed by atoms with van der Waals surface area (Å²) in [7, 11) is 0. The van der Waals surface area contributed by atoms with Crippen molar-refractivity contribution in [3.8, 4) is 5.75 Å². The molecule has 0 bridgehead atoms. The molecule has 4 rings (SSSR count). The molecule has 4 heteroatoms. The third-order valence-corrected chi connectivity index (χ3v) is 3.83. The van der Waals surface area contributed by atoms with Crippen molar-refractivity contribution < 1.29 is 5.11 Å². The van der Waals surface area contributed by atoms with Gasteiger partial charge in [-0.15, -0.1) is 0 Å². The fraction of sp³-hybridized carbons (Fsp3) is 0.0556. The average molecular weight is 289 g/mol. The zero-order valence-corrected chi connectivity index (χ0v) is 11.8. The molecule has 108 valence electrons. The Kier molecular flexibility index (Phi) is 2.93. The highest BCUT2D eigenvalue weighted by molar-refractivity contribution is 5.95. The predicted octanol–water partition coefficient (Wildman–Crippen LogP) is 3.00. The Balaban J connectivity index is 1.88. The summed E-state index contributed by atoms with van der Waals surface area (Å²) in [5.74, 6) is 0.263. The summed E-state index contributed by atoms with van der Waals surface area (Å²) in [5, 5.41) is 11.5. The van der Waals surface area contributed by atoms with E-state index >= 15 is 0 Å². The highest BCUT2D eigenvalue weighted by Gasteiger charge is 2.32. The summed E-state index contributed by atoms with van der Waals surface area (Å²) in [6, 6.07) is 17.5. The first-order valence-corrected chi connectivity index (χ1v) is 7.17. The second-order valence-corrected chi connectivity index (χ2v) is 5.23. The smallest absolute Gasteiger partial charge is 0.167 e. The number of phenols is 1. The van der Waals surface area contributed by atoms with Crippen LogP contribution in [0.15, 0.2) is 71.9 Å². The van der Waals surface area contributed by atoms with Crippen LogP contribution in [0.3, 0.4) is 0 Å². The SMILES string of the molecule is Oc1ccc(C2=C(c3ccccc3)C3N=CC=CN3N2)cc1. The van der Waals surface area contributed by atoms with Crippen molar-refractivity contribution in [2.24, 2.45) is 4.99 Å². The van der Waals surface area contributed by atoms with Crippen molar-refractivity contribution in [3.63, 3.8) is 0 Å². The number of nitrogens with one attached hydrogen (secondary N) is 1. The number of nitrogens with zero attached hydrogens (tertiary/aromatic N) is 2. The number of benzene rings is 2. The van der Waals surface area contributed by atoms with E-state index in [1.807, 2.05) is 53.8 Å². The lowest BCUT2D eigenvalue weighted by atomic mass is 9.98. The van der Waals surface area contributed by atoms with E-state index < -0.39 is 0 Å². The molecule has 0 spiro atoms. The van der Waals surface area contributed by atoms with E-state index in [0.29, 0.717) is 0 Å². The number of hydrogen-bond acceptors (Lipinski definition) is 4. The van der Waals surface area contributed by atoms with E-state index in [1.54, 1.807) is 12.1 Å². The van der Waals surface area contributed by atoms with E-state index in [4.69, 9.17) is 0 Å². The monoisotopic (exact) mass is 289 g/mol. The van der Waals surface area contributed by atoms with Crippen LogP contribution < -0.4 is 5.43 Å². The van der Waals surface area contributed by atoms with E-state index in [9.17, 15) is 5.11 Å². The molecular formula is C18H15N3O. The lowest BCUT2D eigenvalue weighted by molar-refractivity contribution is 0.305. The molecule has 4 nitrogen and oxygen atoms in total. The summed E-state index contributed by atoms with van der Waals surface area (Å²) in [6.07, 6.45) is 5.64. The quantitative estimate of drug-likeness (QED) is 0.893. The second kappa shape index (κ2) is 5.07. The molecule has 0 aromatic heterocycles. The van der Waals surface area contributed by atoms with Crippen LogP contribution in [0.5, 0.6) is 5.75 Å². The molecule has 0 radical (unpaired) electrons. The fourth-order valence-electron chi connectivity index (χ4n) is 2.81. The largest absolute Gasteiger partial charge is 0.508 e. The molecule has 22 heavy (non-hydrogen) atoms. The van der Waals surface area contributed by atoms with E-state index in [1.165, 1.54) is 0 Å². The molecule has 0 amide bonds. The van der Waals surface area contributed by atoms with Gasteiger partial charge in [-0.3, -0.25) is 15.4 Å². The molecule has 0 saturated heterocycles. The summed E-state index contributed by atoms with van der Waals surface area (Å²) >= 11 is 0. The molecule has 2 aromatic rings. The van der Waals surface area contributed by atoms with Gasteiger partial charge in [0, 0.05) is 23.6 Å². The summed E-state index contributed by atoms with van der Waals surface area (Å²) < 4.78 is 0. The van der Waals surface area contributed by atoms with Gasteiger partial charge in [0.15, 0.2) is 6.17 Å². The van der Waals surface area contributed by atoms with Crippen LogP contribution >= 0.6 is 0 Å². The van der Waals surface area contributed by atoms with Gasteiger partial charge in [-0.1, -0.05) is 30.3 Å². The van der Waals surface area contributed by atoms with Gasteiger partial charge >= 0.3 is 0 Å². The van der Waals surface area contributed by atoms with E-state index in [-0.39, 0.29) is 11.9 Å². The van der Waals surface area contributed by atoms with Gasteiger partial charge in [-0.2, -0.15) is 0 Å². The Morgan fingerprint density at radius 2 is 1.73 bits per heavy atom. The maximum absolute atomic E-state index is 9.51. The minimum absolute atomic E-state index is 0.0730. The van der Waals surface area contributed by atoms with Gasteiger partial charge in [0.2, 0.25) is 0 Å². The topological polar surface area (TPSA) is 47.9 Å². The molecule has 2 heterocycles. The summed E-state index contributed by atoms with van der Waals surface area (Å²) in [4.78, 5) is 4.59. The van der Waals surface area contributed by atoms with Crippen molar-refractivity contribution >= 4 is 17.5 Å². The maximum Gasteiger partial charge on any atom is 0.167 e. The molecule has 1 unspecified atom stereocenters. The lowest BCUT2D eigenvalue weighted by Crippen LogP contribution is -2.34. The molecule has 0 fully saturated rings. The Morgan fingerprint density at radius 3 is 2.50 bits per heavy atom. The van der Waals surface area contributed by atoms with Crippen LogP contribution in [-0.2, 0) is 0 Å². The number of aliphatic imine (C=N–C) groups is 1. The number of hydrazine groups is 1. The first-order chi connectivity index (χ1) is 10.8.